The first kappa shape index (κ1) is 14.6. The van der Waals surface area contributed by atoms with Gasteiger partial charge in [-0.15, -0.1) is 11.3 Å². The van der Waals surface area contributed by atoms with Crippen LogP contribution in [-0.2, 0) is 6.61 Å². The van der Waals surface area contributed by atoms with Crippen LogP contribution >= 0.6 is 11.3 Å². The van der Waals surface area contributed by atoms with Gasteiger partial charge in [0.2, 0.25) is 0 Å². The van der Waals surface area contributed by atoms with Gasteiger partial charge in [-0.2, -0.15) is 0 Å². The van der Waals surface area contributed by atoms with Crippen molar-refractivity contribution in [3.05, 3.63) is 51.2 Å². The molecule has 0 saturated heterocycles. The van der Waals surface area contributed by atoms with E-state index in [2.05, 4.69) is 37.8 Å². The predicted molar refractivity (Wildman–Crippen MR) is 83.1 cm³/mol. The van der Waals surface area contributed by atoms with E-state index in [0.29, 0.717) is 13.0 Å². The first-order valence-electron chi connectivity index (χ1n) is 6.57. The molecule has 0 spiro atoms. The van der Waals surface area contributed by atoms with Crippen molar-refractivity contribution in [3.8, 4) is 17.6 Å². The number of rotatable bonds is 4. The third-order valence-electron chi connectivity index (χ3n) is 2.97. The van der Waals surface area contributed by atoms with Crippen LogP contribution in [0.15, 0.2) is 30.3 Å². The molecule has 0 atom stereocenters. The van der Waals surface area contributed by atoms with Gasteiger partial charge in [-0.3, -0.25) is 0 Å². The van der Waals surface area contributed by atoms with E-state index in [-0.39, 0.29) is 6.61 Å². The lowest BCUT2D eigenvalue weighted by Gasteiger charge is -2.06. The molecule has 2 aromatic rings. The standard InChI is InChI=1S/C17H18O2S/c1-13-6-7-15(11-14(13)2)19-12-17-9-8-16(20-17)5-3-4-10-18/h6-9,11,18H,4,10,12H2,1-2H3. The lowest BCUT2D eigenvalue weighted by Crippen LogP contribution is -1.93. The molecule has 0 radical (unpaired) electrons. The van der Waals surface area contributed by atoms with Crippen LogP contribution in [0, 0.1) is 25.7 Å². The molecule has 1 aromatic heterocycles. The first-order valence-corrected chi connectivity index (χ1v) is 7.39. The van der Waals surface area contributed by atoms with Crippen molar-refractivity contribution >= 4 is 11.3 Å². The molecule has 0 saturated carbocycles. The summed E-state index contributed by atoms with van der Waals surface area (Å²) in [5.74, 6) is 6.85. The van der Waals surface area contributed by atoms with Crippen LogP contribution < -0.4 is 4.74 Å². The van der Waals surface area contributed by atoms with Crippen LogP contribution in [0.3, 0.4) is 0 Å². The summed E-state index contributed by atoms with van der Waals surface area (Å²) in [4.78, 5) is 2.16. The van der Waals surface area contributed by atoms with Crippen LogP contribution in [0.5, 0.6) is 5.75 Å². The van der Waals surface area contributed by atoms with Crippen molar-refractivity contribution < 1.29 is 9.84 Å². The largest absolute Gasteiger partial charge is 0.488 e. The molecule has 1 heterocycles. The van der Waals surface area contributed by atoms with Gasteiger partial charge in [0, 0.05) is 11.3 Å². The van der Waals surface area contributed by atoms with Crippen molar-refractivity contribution in [3.63, 3.8) is 0 Å². The molecule has 0 bridgehead atoms. The number of aliphatic hydroxyl groups excluding tert-OH is 1. The number of aryl methyl sites for hydroxylation is 2. The smallest absolute Gasteiger partial charge is 0.122 e. The summed E-state index contributed by atoms with van der Waals surface area (Å²) in [6.07, 6.45) is 0.520. The third-order valence-corrected chi connectivity index (χ3v) is 3.94. The minimum Gasteiger partial charge on any atom is -0.488 e. The summed E-state index contributed by atoms with van der Waals surface area (Å²) in [7, 11) is 0. The summed E-state index contributed by atoms with van der Waals surface area (Å²) < 4.78 is 5.79. The number of ether oxygens (including phenoxy) is 1. The maximum atomic E-state index is 8.68. The molecule has 0 aliphatic carbocycles. The van der Waals surface area contributed by atoms with Crippen LogP contribution in [0.1, 0.15) is 27.3 Å². The number of hydrogen-bond donors (Lipinski definition) is 1. The highest BCUT2D eigenvalue weighted by molar-refractivity contribution is 7.12. The van der Waals surface area contributed by atoms with Crippen LogP contribution in [0.25, 0.3) is 0 Å². The van der Waals surface area contributed by atoms with Crippen molar-refractivity contribution in [1.82, 2.24) is 0 Å². The molecular formula is C17H18O2S. The van der Waals surface area contributed by atoms with Crippen LogP contribution in [0.4, 0.5) is 0 Å². The Morgan fingerprint density at radius 1 is 1.15 bits per heavy atom. The zero-order chi connectivity index (χ0) is 14.4. The molecule has 0 aliphatic heterocycles. The fourth-order valence-electron chi connectivity index (χ4n) is 1.69. The molecule has 2 nitrogen and oxygen atoms in total. The van der Waals surface area contributed by atoms with Crippen molar-refractivity contribution in [2.45, 2.75) is 26.9 Å². The molecule has 20 heavy (non-hydrogen) atoms. The zero-order valence-corrected chi connectivity index (χ0v) is 12.6. The Bertz CT molecular complexity index is 632. The third kappa shape index (κ3) is 4.12. The van der Waals surface area contributed by atoms with Crippen LogP contribution in [-0.4, -0.2) is 11.7 Å². The Balaban J connectivity index is 1.94. The topological polar surface area (TPSA) is 29.5 Å². The second-order valence-corrected chi connectivity index (χ2v) is 5.74. The van der Waals surface area contributed by atoms with Crippen molar-refractivity contribution in [1.29, 1.82) is 0 Å². The Kier molecular flexibility index (Phi) is 5.23. The molecule has 0 fully saturated rings. The number of benzene rings is 1. The summed E-state index contributed by atoms with van der Waals surface area (Å²) >= 11 is 1.63. The molecule has 104 valence electrons. The normalized spacial score (nSPS) is 9.95. The van der Waals surface area contributed by atoms with Gasteiger partial charge in [-0.05, 0) is 49.2 Å². The quantitative estimate of drug-likeness (QED) is 0.869. The highest BCUT2D eigenvalue weighted by atomic mass is 32.1. The average molecular weight is 286 g/mol. The van der Waals surface area contributed by atoms with E-state index in [1.807, 2.05) is 18.2 Å². The Hall–Kier alpha value is -1.76. The Morgan fingerprint density at radius 2 is 2.00 bits per heavy atom. The van der Waals surface area contributed by atoms with E-state index < -0.39 is 0 Å². The van der Waals surface area contributed by atoms with Crippen LogP contribution in [0.2, 0.25) is 0 Å². The van der Waals surface area contributed by atoms with Crippen molar-refractivity contribution in [2.75, 3.05) is 6.61 Å². The SMILES string of the molecule is Cc1ccc(OCc2ccc(C#CCCO)s2)cc1C. The molecule has 1 N–H and O–H groups in total. The monoisotopic (exact) mass is 286 g/mol. The lowest BCUT2D eigenvalue weighted by molar-refractivity contribution is 0.305. The summed E-state index contributed by atoms with van der Waals surface area (Å²) in [5.41, 5.74) is 2.51. The fourth-order valence-corrected chi connectivity index (χ4v) is 2.48. The van der Waals surface area contributed by atoms with E-state index in [0.717, 1.165) is 15.5 Å². The summed E-state index contributed by atoms with van der Waals surface area (Å²) in [5, 5.41) is 8.68. The highest BCUT2D eigenvalue weighted by Gasteiger charge is 2.01. The lowest BCUT2D eigenvalue weighted by atomic mass is 10.1. The minimum absolute atomic E-state index is 0.112. The predicted octanol–water partition coefficient (Wildman–Crippen LogP) is 3.68. The van der Waals surface area contributed by atoms with Gasteiger partial charge >= 0.3 is 0 Å². The minimum atomic E-state index is 0.112. The maximum absolute atomic E-state index is 8.68. The van der Waals surface area contributed by atoms with E-state index in [1.165, 1.54) is 11.1 Å². The molecule has 1 aromatic carbocycles. The molecule has 0 aliphatic rings. The van der Waals surface area contributed by atoms with Gasteiger partial charge in [0.05, 0.1) is 11.5 Å². The van der Waals surface area contributed by atoms with Gasteiger partial charge in [-0.25, -0.2) is 0 Å². The van der Waals surface area contributed by atoms with Gasteiger partial charge in [-0.1, -0.05) is 17.9 Å². The van der Waals surface area contributed by atoms with Gasteiger partial charge in [0.25, 0.3) is 0 Å². The summed E-state index contributed by atoms with van der Waals surface area (Å²) in [6, 6.07) is 10.2. The number of hydrogen-bond acceptors (Lipinski definition) is 3. The fraction of sp³-hybridized carbons (Fsp3) is 0.294. The van der Waals surface area contributed by atoms with Gasteiger partial charge in [0.15, 0.2) is 0 Å². The highest BCUT2D eigenvalue weighted by Crippen LogP contribution is 2.20. The molecular weight excluding hydrogens is 268 g/mol. The molecule has 2 rings (SSSR count). The molecule has 0 amide bonds. The Labute approximate surface area is 124 Å². The van der Waals surface area contributed by atoms with E-state index >= 15 is 0 Å². The van der Waals surface area contributed by atoms with Gasteiger partial charge < -0.3 is 9.84 Å². The van der Waals surface area contributed by atoms with Gasteiger partial charge in [0.1, 0.15) is 12.4 Å². The summed E-state index contributed by atoms with van der Waals surface area (Å²) in [6.45, 7) is 4.86. The van der Waals surface area contributed by atoms with E-state index in [1.54, 1.807) is 11.3 Å². The number of thiophene rings is 1. The number of aliphatic hydroxyl groups is 1. The zero-order valence-electron chi connectivity index (χ0n) is 11.8. The Morgan fingerprint density at radius 3 is 2.75 bits per heavy atom. The molecule has 3 heteroatoms. The first-order chi connectivity index (χ1) is 9.69. The maximum Gasteiger partial charge on any atom is 0.122 e. The molecule has 0 unspecified atom stereocenters. The second-order valence-electron chi connectivity index (χ2n) is 4.58. The van der Waals surface area contributed by atoms with E-state index in [9.17, 15) is 0 Å². The van der Waals surface area contributed by atoms with Crippen molar-refractivity contribution in [2.24, 2.45) is 0 Å². The van der Waals surface area contributed by atoms with E-state index in [4.69, 9.17) is 9.84 Å². The average Bonchev–Trinajstić information content (AvgIpc) is 2.88. The second kappa shape index (κ2) is 7.14.